The quantitative estimate of drug-likeness (QED) is 0.799. The van der Waals surface area contributed by atoms with Crippen LogP contribution in [0, 0.1) is 0 Å². The lowest BCUT2D eigenvalue weighted by atomic mass is 10.2. The van der Waals surface area contributed by atoms with Gasteiger partial charge in [-0.25, -0.2) is 4.98 Å². The normalized spacial score (nSPS) is 11.8. The van der Waals surface area contributed by atoms with Crippen LogP contribution in [0.1, 0.15) is 25.1 Å². The van der Waals surface area contributed by atoms with Gasteiger partial charge in [-0.1, -0.05) is 25.1 Å². The Bertz CT molecular complexity index is 605. The summed E-state index contributed by atoms with van der Waals surface area (Å²) >= 11 is 1.47. The van der Waals surface area contributed by atoms with Gasteiger partial charge in [-0.3, -0.25) is 9.69 Å². The molecular weight excluding hydrogens is 332 g/mol. The Morgan fingerprint density at radius 1 is 1.39 bits per heavy atom. The van der Waals surface area contributed by atoms with Crippen LogP contribution in [-0.2, 0) is 11.3 Å². The van der Waals surface area contributed by atoms with Crippen LogP contribution >= 0.6 is 23.7 Å². The second-order valence-electron chi connectivity index (χ2n) is 5.17. The molecule has 1 aromatic carbocycles. The maximum absolute atomic E-state index is 12.4. The highest BCUT2D eigenvalue weighted by Crippen LogP contribution is 2.18. The summed E-state index contributed by atoms with van der Waals surface area (Å²) < 4.78 is 0. The van der Waals surface area contributed by atoms with E-state index in [2.05, 4.69) is 22.1 Å². The number of nitrogens with two attached hydrogens (primary N) is 1. The average molecular weight is 355 g/mol. The number of para-hydroxylation sites is 1. The number of amides is 1. The van der Waals surface area contributed by atoms with Crippen molar-refractivity contribution in [1.82, 2.24) is 9.88 Å². The lowest BCUT2D eigenvalue weighted by Crippen LogP contribution is -2.41. The molecule has 1 atom stereocenters. The molecular formula is C16H23ClN4OS. The van der Waals surface area contributed by atoms with Crippen LogP contribution in [-0.4, -0.2) is 28.4 Å². The fourth-order valence-corrected chi connectivity index (χ4v) is 2.94. The monoisotopic (exact) mass is 354 g/mol. The minimum absolute atomic E-state index is 0. The molecule has 3 N–H and O–H groups in total. The van der Waals surface area contributed by atoms with Crippen molar-refractivity contribution >= 4 is 40.5 Å². The maximum atomic E-state index is 12.4. The molecule has 1 unspecified atom stereocenters. The van der Waals surface area contributed by atoms with Crippen LogP contribution < -0.4 is 11.1 Å². The minimum atomic E-state index is -0.219. The molecule has 2 rings (SSSR count). The van der Waals surface area contributed by atoms with Gasteiger partial charge in [-0.05, 0) is 32.0 Å². The van der Waals surface area contributed by atoms with E-state index in [-0.39, 0.29) is 24.4 Å². The topological polar surface area (TPSA) is 71.2 Å². The van der Waals surface area contributed by atoms with Gasteiger partial charge >= 0.3 is 0 Å². The number of hydrogen-bond donors (Lipinski definition) is 2. The van der Waals surface area contributed by atoms with Gasteiger partial charge in [-0.15, -0.1) is 23.7 Å². The number of rotatable bonds is 7. The van der Waals surface area contributed by atoms with Crippen molar-refractivity contribution in [3.05, 3.63) is 41.4 Å². The fourth-order valence-electron chi connectivity index (χ4n) is 2.23. The van der Waals surface area contributed by atoms with E-state index in [9.17, 15) is 4.79 Å². The molecule has 0 bridgehead atoms. The van der Waals surface area contributed by atoms with E-state index < -0.39 is 0 Å². The van der Waals surface area contributed by atoms with Crippen LogP contribution in [0.15, 0.2) is 36.5 Å². The lowest BCUT2D eigenvalue weighted by Gasteiger charge is -2.27. The molecule has 0 aliphatic rings. The molecule has 1 heterocycles. The molecule has 126 valence electrons. The Morgan fingerprint density at radius 2 is 2.09 bits per heavy atom. The van der Waals surface area contributed by atoms with Gasteiger partial charge < -0.3 is 11.1 Å². The van der Waals surface area contributed by atoms with E-state index in [1.54, 1.807) is 6.20 Å². The summed E-state index contributed by atoms with van der Waals surface area (Å²) in [5.41, 5.74) is 6.49. The number of carbonyl (C=O) groups is 1. The molecule has 0 saturated heterocycles. The van der Waals surface area contributed by atoms with E-state index in [0.29, 0.717) is 11.7 Å². The van der Waals surface area contributed by atoms with E-state index in [0.717, 1.165) is 23.5 Å². The molecule has 23 heavy (non-hydrogen) atoms. The van der Waals surface area contributed by atoms with Gasteiger partial charge in [0, 0.05) is 23.3 Å². The first-order chi connectivity index (χ1) is 10.6. The summed E-state index contributed by atoms with van der Waals surface area (Å²) in [6.07, 6.45) is 2.77. The lowest BCUT2D eigenvalue weighted by molar-refractivity contribution is -0.121. The molecule has 7 heteroatoms. The first-order valence-electron chi connectivity index (χ1n) is 7.40. The molecule has 2 aromatic rings. The highest BCUT2D eigenvalue weighted by atomic mass is 35.5. The van der Waals surface area contributed by atoms with Crippen LogP contribution in [0.4, 0.5) is 10.8 Å². The zero-order valence-electron chi connectivity index (χ0n) is 13.4. The Morgan fingerprint density at radius 3 is 2.65 bits per heavy atom. The predicted octanol–water partition coefficient (Wildman–Crippen LogP) is 3.39. The van der Waals surface area contributed by atoms with Crippen molar-refractivity contribution in [1.29, 1.82) is 0 Å². The summed E-state index contributed by atoms with van der Waals surface area (Å²) in [7, 11) is 0. The summed E-state index contributed by atoms with van der Waals surface area (Å²) in [5, 5.41) is 3.52. The van der Waals surface area contributed by atoms with E-state index in [1.807, 2.05) is 37.3 Å². The van der Waals surface area contributed by atoms with Crippen molar-refractivity contribution in [2.45, 2.75) is 32.9 Å². The fraction of sp³-hybridized carbons (Fsp3) is 0.375. The van der Waals surface area contributed by atoms with Crippen LogP contribution in [0.5, 0.6) is 0 Å². The van der Waals surface area contributed by atoms with Crippen molar-refractivity contribution in [3.8, 4) is 0 Å². The molecule has 1 aromatic heterocycles. The molecule has 0 aliphatic heterocycles. The van der Waals surface area contributed by atoms with E-state index in [1.165, 1.54) is 11.3 Å². The number of halogens is 1. The van der Waals surface area contributed by atoms with E-state index in [4.69, 9.17) is 5.73 Å². The minimum Gasteiger partial charge on any atom is -0.375 e. The van der Waals surface area contributed by atoms with Crippen molar-refractivity contribution in [2.24, 2.45) is 0 Å². The van der Waals surface area contributed by atoms with Crippen molar-refractivity contribution in [2.75, 3.05) is 17.6 Å². The number of anilines is 2. The molecule has 0 fully saturated rings. The third-order valence-corrected chi connectivity index (χ3v) is 4.22. The van der Waals surface area contributed by atoms with Gasteiger partial charge in [-0.2, -0.15) is 0 Å². The zero-order chi connectivity index (χ0) is 15.9. The highest BCUT2D eigenvalue weighted by molar-refractivity contribution is 7.15. The third kappa shape index (κ3) is 5.82. The Hall–Kier alpha value is -1.63. The number of benzene rings is 1. The van der Waals surface area contributed by atoms with E-state index >= 15 is 0 Å². The van der Waals surface area contributed by atoms with Crippen molar-refractivity contribution < 1.29 is 4.79 Å². The highest BCUT2D eigenvalue weighted by Gasteiger charge is 2.21. The molecule has 0 saturated carbocycles. The number of nitrogens with one attached hydrogen (secondary N) is 1. The van der Waals surface area contributed by atoms with Crippen LogP contribution in [0.3, 0.4) is 0 Å². The van der Waals surface area contributed by atoms with Crippen LogP contribution in [0.25, 0.3) is 0 Å². The molecule has 5 nitrogen and oxygen atoms in total. The van der Waals surface area contributed by atoms with Gasteiger partial charge in [0.15, 0.2) is 5.13 Å². The Labute approximate surface area is 147 Å². The molecule has 1 amide bonds. The molecule has 0 spiro atoms. The molecule has 0 aliphatic carbocycles. The predicted molar refractivity (Wildman–Crippen MR) is 99.0 cm³/mol. The maximum Gasteiger partial charge on any atom is 0.241 e. The van der Waals surface area contributed by atoms with Gasteiger partial charge in [0.1, 0.15) is 0 Å². The number of thiazole rings is 1. The Balaban J connectivity index is 0.00000264. The van der Waals surface area contributed by atoms with Gasteiger partial charge in [0.25, 0.3) is 0 Å². The molecule has 0 radical (unpaired) electrons. The average Bonchev–Trinajstić information content (AvgIpc) is 2.92. The van der Waals surface area contributed by atoms with Crippen LogP contribution in [0.2, 0.25) is 0 Å². The number of aromatic nitrogens is 1. The first kappa shape index (κ1) is 19.4. The first-order valence-corrected chi connectivity index (χ1v) is 8.22. The zero-order valence-corrected chi connectivity index (χ0v) is 15.0. The second-order valence-corrected chi connectivity index (χ2v) is 6.31. The standard InChI is InChI=1S/C16H22N4OS.ClH/c1-3-9-20(11-14-10-18-16(17)22-14)12(2)15(21)19-13-7-5-4-6-8-13;/h4-8,10,12H,3,9,11H2,1-2H3,(H2,17,18)(H,19,21);1H. The third-order valence-electron chi connectivity index (χ3n) is 3.41. The number of carbonyl (C=O) groups excluding carboxylic acids is 1. The number of nitrogens with zero attached hydrogens (tertiary/aromatic N) is 2. The summed E-state index contributed by atoms with van der Waals surface area (Å²) in [6, 6.07) is 9.30. The van der Waals surface area contributed by atoms with Gasteiger partial charge in [0.2, 0.25) is 5.91 Å². The Kier molecular flexibility index (Phi) is 8.02. The second kappa shape index (κ2) is 9.50. The summed E-state index contributed by atoms with van der Waals surface area (Å²) in [4.78, 5) is 19.7. The van der Waals surface area contributed by atoms with Gasteiger partial charge in [0.05, 0.1) is 6.04 Å². The largest absolute Gasteiger partial charge is 0.375 e. The van der Waals surface area contributed by atoms with Crippen molar-refractivity contribution in [3.63, 3.8) is 0 Å². The number of nitrogen functional groups attached to an aromatic ring is 1. The summed E-state index contributed by atoms with van der Waals surface area (Å²) in [6.45, 7) is 5.57. The smallest absolute Gasteiger partial charge is 0.241 e. The summed E-state index contributed by atoms with van der Waals surface area (Å²) in [5.74, 6) is -0.00265. The number of hydrogen-bond acceptors (Lipinski definition) is 5. The SMILES string of the molecule is CCCN(Cc1cnc(N)s1)C(C)C(=O)Nc1ccccc1.Cl.